The fourth-order valence-electron chi connectivity index (χ4n) is 2.58. The molecule has 1 saturated heterocycles. The maximum atomic E-state index is 12.6. The van der Waals surface area contributed by atoms with Crippen molar-refractivity contribution in [1.29, 1.82) is 0 Å². The molecule has 0 bridgehead atoms. The quantitative estimate of drug-likeness (QED) is 0.853. The van der Waals surface area contributed by atoms with Crippen molar-refractivity contribution in [1.82, 2.24) is 4.90 Å². The maximum Gasteiger partial charge on any atom is 0.417 e. The molecular weight excluding hydrogens is 298 g/mol. The highest BCUT2D eigenvalue weighted by molar-refractivity contribution is 5.95. The number of benzene rings is 1. The van der Waals surface area contributed by atoms with Gasteiger partial charge in [0.2, 0.25) is 5.91 Å². The van der Waals surface area contributed by atoms with E-state index in [1.807, 2.05) is 20.8 Å². The Balaban J connectivity index is 2.22. The number of hydrogen-bond acceptors (Lipinski definition) is 5. The Morgan fingerprint density at radius 2 is 2.00 bits per heavy atom. The Bertz CT molecular complexity index is 605. The zero-order valence-corrected chi connectivity index (χ0v) is 14.2. The van der Waals surface area contributed by atoms with Crippen molar-refractivity contribution in [2.75, 3.05) is 20.8 Å². The Kier molecular flexibility index (Phi) is 4.82. The van der Waals surface area contributed by atoms with E-state index in [9.17, 15) is 9.59 Å². The number of methoxy groups -OCH3 is 2. The second-order valence-electron chi connectivity index (χ2n) is 6.58. The second-order valence-corrected chi connectivity index (χ2v) is 6.58. The smallest absolute Gasteiger partial charge is 0.417 e. The summed E-state index contributed by atoms with van der Waals surface area (Å²) in [5.41, 5.74) is 0.455. The van der Waals surface area contributed by atoms with Gasteiger partial charge in [-0.2, -0.15) is 0 Å². The Morgan fingerprint density at radius 1 is 1.30 bits per heavy atom. The van der Waals surface area contributed by atoms with E-state index in [0.717, 1.165) is 0 Å². The average Bonchev–Trinajstić information content (AvgIpc) is 2.89. The second kappa shape index (κ2) is 6.48. The molecule has 0 radical (unpaired) electrons. The monoisotopic (exact) mass is 321 g/mol. The van der Waals surface area contributed by atoms with E-state index in [0.29, 0.717) is 17.1 Å². The van der Waals surface area contributed by atoms with Gasteiger partial charge in [0.15, 0.2) is 0 Å². The first-order valence-corrected chi connectivity index (χ1v) is 7.47. The van der Waals surface area contributed by atoms with Crippen molar-refractivity contribution in [2.24, 2.45) is 5.41 Å². The summed E-state index contributed by atoms with van der Waals surface area (Å²) in [6, 6.07) is 4.97. The molecule has 0 spiro atoms. The van der Waals surface area contributed by atoms with Crippen molar-refractivity contribution in [2.45, 2.75) is 33.2 Å². The molecule has 6 heteroatoms. The molecular formula is C17H23NO5. The minimum absolute atomic E-state index is 0.0643. The highest BCUT2D eigenvalue weighted by Gasteiger charge is 2.44. The van der Waals surface area contributed by atoms with Crippen molar-refractivity contribution >= 4 is 12.0 Å². The standard InChI is InChI=1S/C17H23NO5/c1-17(2,3)14-10-23-16(20)18(14)15(19)8-11-6-7-12(21-4)9-13(11)22-5/h6-7,9,14H,8,10H2,1-5H3/t14-/m0/s1. The SMILES string of the molecule is COc1ccc(CC(=O)N2C(=O)OC[C@H]2C(C)(C)C)c(OC)c1. The predicted octanol–water partition coefficient (Wildman–Crippen LogP) is 2.64. The van der Waals surface area contributed by atoms with Gasteiger partial charge in [0.25, 0.3) is 0 Å². The molecule has 0 aromatic heterocycles. The molecule has 0 N–H and O–H groups in total. The van der Waals surface area contributed by atoms with Crippen LogP contribution in [-0.2, 0) is 16.0 Å². The minimum Gasteiger partial charge on any atom is -0.497 e. The van der Waals surface area contributed by atoms with E-state index in [-0.39, 0.29) is 30.4 Å². The first-order chi connectivity index (χ1) is 10.8. The van der Waals surface area contributed by atoms with Crippen LogP contribution in [0.1, 0.15) is 26.3 Å². The number of rotatable bonds is 4. The Morgan fingerprint density at radius 3 is 2.57 bits per heavy atom. The lowest BCUT2D eigenvalue weighted by Gasteiger charge is -2.31. The number of imide groups is 1. The number of carbonyl (C=O) groups is 2. The van der Waals surface area contributed by atoms with Crippen LogP contribution in [0.4, 0.5) is 4.79 Å². The van der Waals surface area contributed by atoms with E-state index in [2.05, 4.69) is 0 Å². The lowest BCUT2D eigenvalue weighted by Crippen LogP contribution is -2.46. The van der Waals surface area contributed by atoms with E-state index in [1.54, 1.807) is 25.3 Å². The Labute approximate surface area is 136 Å². The topological polar surface area (TPSA) is 65.1 Å². The van der Waals surface area contributed by atoms with E-state index < -0.39 is 6.09 Å². The molecule has 1 aliphatic heterocycles. The van der Waals surface area contributed by atoms with Gasteiger partial charge in [-0.05, 0) is 11.5 Å². The van der Waals surface area contributed by atoms with Gasteiger partial charge in [0.05, 0.1) is 26.7 Å². The number of ether oxygens (including phenoxy) is 3. The number of hydrogen-bond donors (Lipinski definition) is 0. The number of amides is 2. The van der Waals surface area contributed by atoms with E-state index in [4.69, 9.17) is 14.2 Å². The summed E-state index contributed by atoms with van der Waals surface area (Å²) in [6.45, 7) is 6.17. The van der Waals surface area contributed by atoms with E-state index >= 15 is 0 Å². The summed E-state index contributed by atoms with van der Waals surface area (Å²) < 4.78 is 15.5. The predicted molar refractivity (Wildman–Crippen MR) is 84.7 cm³/mol. The Hall–Kier alpha value is -2.24. The molecule has 6 nitrogen and oxygen atoms in total. The minimum atomic E-state index is -0.581. The number of nitrogens with zero attached hydrogens (tertiary/aromatic N) is 1. The molecule has 1 fully saturated rings. The molecule has 1 atom stereocenters. The molecule has 126 valence electrons. The van der Waals surface area contributed by atoms with Crippen molar-refractivity contribution in [3.63, 3.8) is 0 Å². The molecule has 2 amide bonds. The largest absolute Gasteiger partial charge is 0.497 e. The summed E-state index contributed by atoms with van der Waals surface area (Å²) >= 11 is 0. The summed E-state index contributed by atoms with van der Waals surface area (Å²) in [7, 11) is 3.10. The third kappa shape index (κ3) is 3.57. The maximum absolute atomic E-state index is 12.6. The van der Waals surface area contributed by atoms with E-state index in [1.165, 1.54) is 12.0 Å². The lowest BCUT2D eigenvalue weighted by atomic mass is 9.86. The van der Waals surface area contributed by atoms with Crippen LogP contribution in [0.3, 0.4) is 0 Å². The zero-order valence-electron chi connectivity index (χ0n) is 14.2. The van der Waals surface area contributed by atoms with Gasteiger partial charge >= 0.3 is 6.09 Å². The summed E-state index contributed by atoms with van der Waals surface area (Å²) in [4.78, 5) is 25.8. The van der Waals surface area contributed by atoms with Gasteiger partial charge in [0.1, 0.15) is 18.1 Å². The van der Waals surface area contributed by atoms with Gasteiger partial charge in [0, 0.05) is 11.6 Å². The van der Waals surface area contributed by atoms with Gasteiger partial charge in [-0.3, -0.25) is 4.79 Å². The number of cyclic esters (lactones) is 1. The summed E-state index contributed by atoms with van der Waals surface area (Å²) in [6.07, 6.45) is -0.517. The normalized spacial score (nSPS) is 17.9. The van der Waals surface area contributed by atoms with Crippen LogP contribution < -0.4 is 9.47 Å². The highest BCUT2D eigenvalue weighted by Crippen LogP contribution is 2.31. The fourth-order valence-corrected chi connectivity index (χ4v) is 2.58. The summed E-state index contributed by atoms with van der Waals surface area (Å²) in [5, 5.41) is 0. The highest BCUT2D eigenvalue weighted by atomic mass is 16.6. The van der Waals surface area contributed by atoms with Crippen molar-refractivity contribution in [3.8, 4) is 11.5 Å². The van der Waals surface area contributed by atoms with Gasteiger partial charge in [-0.1, -0.05) is 26.8 Å². The van der Waals surface area contributed by atoms with Crippen molar-refractivity contribution in [3.05, 3.63) is 23.8 Å². The molecule has 1 aromatic carbocycles. The average molecular weight is 321 g/mol. The van der Waals surface area contributed by atoms with Gasteiger partial charge in [-0.25, -0.2) is 9.69 Å². The van der Waals surface area contributed by atoms with Crippen LogP contribution in [0, 0.1) is 5.41 Å². The van der Waals surface area contributed by atoms with Crippen LogP contribution in [-0.4, -0.2) is 43.8 Å². The molecule has 23 heavy (non-hydrogen) atoms. The van der Waals surface area contributed by atoms with Crippen molar-refractivity contribution < 1.29 is 23.8 Å². The van der Waals surface area contributed by atoms with Gasteiger partial charge in [-0.15, -0.1) is 0 Å². The third-order valence-electron chi connectivity index (χ3n) is 3.98. The van der Waals surface area contributed by atoms with Crippen LogP contribution in [0.25, 0.3) is 0 Å². The molecule has 2 rings (SSSR count). The van der Waals surface area contributed by atoms with Crippen LogP contribution in [0.5, 0.6) is 11.5 Å². The first-order valence-electron chi connectivity index (χ1n) is 7.47. The zero-order chi connectivity index (χ0) is 17.2. The molecule has 1 aromatic rings. The number of carbonyl (C=O) groups excluding carboxylic acids is 2. The molecule has 1 heterocycles. The fraction of sp³-hybridized carbons (Fsp3) is 0.529. The third-order valence-corrected chi connectivity index (χ3v) is 3.98. The molecule has 1 aliphatic rings. The summed E-state index contributed by atoms with van der Waals surface area (Å²) in [5.74, 6) is 0.902. The molecule has 0 unspecified atom stereocenters. The van der Waals surface area contributed by atoms with Crippen LogP contribution in [0.2, 0.25) is 0 Å². The van der Waals surface area contributed by atoms with Crippen LogP contribution >= 0.6 is 0 Å². The molecule has 0 saturated carbocycles. The van der Waals surface area contributed by atoms with Gasteiger partial charge < -0.3 is 14.2 Å². The lowest BCUT2D eigenvalue weighted by molar-refractivity contribution is -0.129. The molecule has 0 aliphatic carbocycles. The van der Waals surface area contributed by atoms with Crippen LogP contribution in [0.15, 0.2) is 18.2 Å². The first kappa shape index (κ1) is 17.1.